The molecular weight excluding hydrogens is 286 g/mol. The van der Waals surface area contributed by atoms with Gasteiger partial charge in [-0.2, -0.15) is 0 Å². The highest BCUT2D eigenvalue weighted by atomic mass is 32.2. The van der Waals surface area contributed by atoms with E-state index in [9.17, 15) is 9.90 Å². The molecule has 0 aliphatic heterocycles. The molecule has 2 rings (SSSR count). The number of phenols is 1. The van der Waals surface area contributed by atoms with Crippen LogP contribution < -0.4 is 10.1 Å². The number of carbonyl (C=O) groups excluding carboxylic acids is 1. The third-order valence-corrected chi connectivity index (χ3v) is 3.75. The number of ether oxygens (including phenoxy) is 1. The number of amides is 1. The Labute approximate surface area is 128 Å². The summed E-state index contributed by atoms with van der Waals surface area (Å²) in [6, 6.07) is 14.3. The van der Waals surface area contributed by atoms with E-state index in [0.29, 0.717) is 22.9 Å². The van der Waals surface area contributed by atoms with Crippen molar-refractivity contribution in [2.75, 3.05) is 17.7 Å². The molecule has 0 aliphatic rings. The van der Waals surface area contributed by atoms with Gasteiger partial charge in [0.1, 0.15) is 11.5 Å². The van der Waals surface area contributed by atoms with E-state index in [2.05, 4.69) is 5.32 Å². The number of anilines is 1. The van der Waals surface area contributed by atoms with E-state index < -0.39 is 0 Å². The predicted octanol–water partition coefficient (Wildman–Crippen LogP) is 3.52. The van der Waals surface area contributed by atoms with Crippen molar-refractivity contribution < 1.29 is 14.6 Å². The monoisotopic (exact) mass is 303 g/mol. The molecule has 21 heavy (non-hydrogen) atoms. The van der Waals surface area contributed by atoms with Gasteiger partial charge in [0, 0.05) is 4.90 Å². The Morgan fingerprint density at radius 2 is 1.90 bits per heavy atom. The number of rotatable bonds is 6. The van der Waals surface area contributed by atoms with Gasteiger partial charge >= 0.3 is 0 Å². The van der Waals surface area contributed by atoms with Crippen LogP contribution in [0.2, 0.25) is 0 Å². The van der Waals surface area contributed by atoms with E-state index in [1.54, 1.807) is 24.3 Å². The second-order valence-corrected chi connectivity index (χ2v) is 5.25. The van der Waals surface area contributed by atoms with Gasteiger partial charge in [0.05, 0.1) is 18.0 Å². The first-order chi connectivity index (χ1) is 10.2. The summed E-state index contributed by atoms with van der Waals surface area (Å²) in [6.45, 7) is 2.44. The van der Waals surface area contributed by atoms with E-state index in [1.165, 1.54) is 11.8 Å². The number of para-hydroxylation sites is 3. The zero-order valence-electron chi connectivity index (χ0n) is 11.7. The summed E-state index contributed by atoms with van der Waals surface area (Å²) in [5.74, 6) is 0.916. The van der Waals surface area contributed by atoms with E-state index in [0.717, 1.165) is 0 Å². The Morgan fingerprint density at radius 3 is 2.67 bits per heavy atom. The first kappa shape index (κ1) is 15.3. The molecule has 0 bridgehead atoms. The lowest BCUT2D eigenvalue weighted by Crippen LogP contribution is -2.14. The zero-order valence-corrected chi connectivity index (χ0v) is 12.5. The second-order valence-electron chi connectivity index (χ2n) is 4.23. The van der Waals surface area contributed by atoms with Crippen LogP contribution in [0.5, 0.6) is 11.5 Å². The van der Waals surface area contributed by atoms with Crippen molar-refractivity contribution in [1.29, 1.82) is 0 Å². The molecule has 2 aromatic carbocycles. The lowest BCUT2D eigenvalue weighted by Gasteiger charge is -2.11. The Balaban J connectivity index is 1.95. The first-order valence-corrected chi connectivity index (χ1v) is 7.61. The Kier molecular flexibility index (Phi) is 5.51. The minimum Gasteiger partial charge on any atom is -0.507 e. The van der Waals surface area contributed by atoms with Gasteiger partial charge in [-0.15, -0.1) is 11.8 Å². The minimum absolute atomic E-state index is 0.143. The maximum absolute atomic E-state index is 12.0. The lowest BCUT2D eigenvalue weighted by molar-refractivity contribution is -0.113. The van der Waals surface area contributed by atoms with Crippen molar-refractivity contribution >= 4 is 23.4 Å². The number of carbonyl (C=O) groups is 1. The van der Waals surface area contributed by atoms with E-state index in [1.807, 2.05) is 31.2 Å². The maximum Gasteiger partial charge on any atom is 0.234 e. The molecule has 0 unspecified atom stereocenters. The average molecular weight is 303 g/mol. The normalized spacial score (nSPS) is 10.1. The van der Waals surface area contributed by atoms with Crippen LogP contribution in [0.3, 0.4) is 0 Å². The van der Waals surface area contributed by atoms with Gasteiger partial charge in [-0.25, -0.2) is 0 Å². The fourth-order valence-electron chi connectivity index (χ4n) is 1.76. The van der Waals surface area contributed by atoms with Crippen LogP contribution in [0.15, 0.2) is 53.4 Å². The van der Waals surface area contributed by atoms with Crippen LogP contribution >= 0.6 is 11.8 Å². The third-order valence-electron chi connectivity index (χ3n) is 2.69. The average Bonchev–Trinajstić information content (AvgIpc) is 2.49. The van der Waals surface area contributed by atoms with Gasteiger partial charge < -0.3 is 15.2 Å². The molecule has 110 valence electrons. The van der Waals surface area contributed by atoms with Crippen LogP contribution in [0, 0.1) is 0 Å². The number of aromatic hydroxyl groups is 1. The molecule has 0 fully saturated rings. The Hall–Kier alpha value is -2.14. The Bertz CT molecular complexity index is 616. The van der Waals surface area contributed by atoms with Crippen LogP contribution in [0.1, 0.15) is 6.92 Å². The summed E-state index contributed by atoms with van der Waals surface area (Å²) < 4.78 is 5.46. The molecule has 0 saturated heterocycles. The van der Waals surface area contributed by atoms with Crippen molar-refractivity contribution in [2.45, 2.75) is 11.8 Å². The first-order valence-electron chi connectivity index (χ1n) is 6.63. The van der Waals surface area contributed by atoms with Crippen LogP contribution in [-0.2, 0) is 4.79 Å². The zero-order chi connectivity index (χ0) is 15.1. The molecule has 0 heterocycles. The molecule has 0 aromatic heterocycles. The van der Waals surface area contributed by atoms with Gasteiger partial charge in [0.25, 0.3) is 0 Å². The number of nitrogens with one attached hydrogen (secondary N) is 1. The fourth-order valence-corrected chi connectivity index (χ4v) is 2.51. The van der Waals surface area contributed by atoms with Crippen molar-refractivity contribution in [3.63, 3.8) is 0 Å². The molecule has 0 aliphatic carbocycles. The minimum atomic E-state index is -0.143. The molecule has 2 aromatic rings. The van der Waals surface area contributed by atoms with Crippen molar-refractivity contribution in [1.82, 2.24) is 0 Å². The van der Waals surface area contributed by atoms with Gasteiger partial charge in [-0.3, -0.25) is 4.79 Å². The molecule has 2 N–H and O–H groups in total. The highest BCUT2D eigenvalue weighted by molar-refractivity contribution is 8.00. The van der Waals surface area contributed by atoms with Gasteiger partial charge in [-0.05, 0) is 31.2 Å². The van der Waals surface area contributed by atoms with E-state index in [4.69, 9.17) is 4.74 Å². The molecule has 0 atom stereocenters. The van der Waals surface area contributed by atoms with Crippen molar-refractivity contribution in [3.05, 3.63) is 48.5 Å². The SMILES string of the molecule is CCOc1ccccc1NC(=O)CSc1ccccc1O. The van der Waals surface area contributed by atoms with Gasteiger partial charge in [0.2, 0.25) is 5.91 Å². The molecule has 1 amide bonds. The number of phenolic OH excluding ortho intramolecular Hbond substituents is 1. The highest BCUT2D eigenvalue weighted by Crippen LogP contribution is 2.28. The standard InChI is InChI=1S/C16H17NO3S/c1-2-20-14-9-5-3-7-12(14)17-16(19)11-21-15-10-6-4-8-13(15)18/h3-10,18H,2,11H2,1H3,(H,17,19). The smallest absolute Gasteiger partial charge is 0.234 e. The highest BCUT2D eigenvalue weighted by Gasteiger charge is 2.09. The second kappa shape index (κ2) is 7.59. The van der Waals surface area contributed by atoms with Crippen LogP contribution in [-0.4, -0.2) is 23.4 Å². The fraction of sp³-hybridized carbons (Fsp3) is 0.188. The quantitative estimate of drug-likeness (QED) is 0.802. The van der Waals surface area contributed by atoms with Gasteiger partial charge in [-0.1, -0.05) is 24.3 Å². The molecule has 5 heteroatoms. The van der Waals surface area contributed by atoms with Crippen LogP contribution in [0.4, 0.5) is 5.69 Å². The molecular formula is C16H17NO3S. The largest absolute Gasteiger partial charge is 0.507 e. The lowest BCUT2D eigenvalue weighted by atomic mass is 10.3. The van der Waals surface area contributed by atoms with Crippen molar-refractivity contribution in [2.24, 2.45) is 0 Å². The van der Waals surface area contributed by atoms with Gasteiger partial charge in [0.15, 0.2) is 0 Å². The number of hydrogen-bond donors (Lipinski definition) is 2. The van der Waals surface area contributed by atoms with Crippen molar-refractivity contribution in [3.8, 4) is 11.5 Å². The summed E-state index contributed by atoms with van der Waals surface area (Å²) in [5.41, 5.74) is 0.655. The number of thioether (sulfide) groups is 1. The summed E-state index contributed by atoms with van der Waals surface area (Å²) in [4.78, 5) is 12.7. The summed E-state index contributed by atoms with van der Waals surface area (Å²) in [5, 5.41) is 12.5. The Morgan fingerprint density at radius 1 is 1.19 bits per heavy atom. The predicted molar refractivity (Wildman–Crippen MR) is 85.1 cm³/mol. The number of hydrogen-bond acceptors (Lipinski definition) is 4. The molecule has 0 saturated carbocycles. The van der Waals surface area contributed by atoms with E-state index in [-0.39, 0.29) is 17.4 Å². The molecule has 4 nitrogen and oxygen atoms in total. The topological polar surface area (TPSA) is 58.6 Å². The molecule has 0 spiro atoms. The number of benzene rings is 2. The summed E-state index contributed by atoms with van der Waals surface area (Å²) in [6.07, 6.45) is 0. The van der Waals surface area contributed by atoms with E-state index >= 15 is 0 Å². The van der Waals surface area contributed by atoms with Crippen LogP contribution in [0.25, 0.3) is 0 Å². The summed E-state index contributed by atoms with van der Waals surface area (Å²) in [7, 11) is 0. The molecule has 0 radical (unpaired) electrons. The summed E-state index contributed by atoms with van der Waals surface area (Å²) >= 11 is 1.29. The maximum atomic E-state index is 12.0. The third kappa shape index (κ3) is 4.43.